The van der Waals surface area contributed by atoms with E-state index in [2.05, 4.69) is 36.8 Å². The predicted molar refractivity (Wildman–Crippen MR) is 106 cm³/mol. The fraction of sp³-hybridized carbons (Fsp3) is 0.550. The van der Waals surface area contributed by atoms with E-state index in [1.165, 1.54) is 25.0 Å². The number of nitrogens with zero attached hydrogens (tertiary/aromatic N) is 5. The number of hydrogen-bond donors (Lipinski definition) is 1. The number of piperazine rings is 1. The second kappa shape index (κ2) is 8.26. The minimum Gasteiger partial charge on any atom is -0.338 e. The zero-order valence-corrected chi connectivity index (χ0v) is 16.3. The highest BCUT2D eigenvalue weighted by molar-refractivity contribution is 5.92. The molecule has 0 bridgehead atoms. The third-order valence-electron chi connectivity index (χ3n) is 5.41. The lowest BCUT2D eigenvalue weighted by Crippen LogP contribution is -2.49. The summed E-state index contributed by atoms with van der Waals surface area (Å²) in [6.07, 6.45) is 3.50. The molecule has 4 rings (SSSR count). The number of hydrogen-bond acceptors (Lipinski definition) is 5. The summed E-state index contributed by atoms with van der Waals surface area (Å²) in [5, 5.41) is 11.6. The van der Waals surface area contributed by atoms with Crippen LogP contribution in [0.25, 0.3) is 0 Å². The van der Waals surface area contributed by atoms with Gasteiger partial charge in [-0.1, -0.05) is 6.92 Å². The van der Waals surface area contributed by atoms with E-state index in [1.807, 2.05) is 0 Å². The average Bonchev–Trinajstić information content (AvgIpc) is 3.42. The Labute approximate surface area is 164 Å². The molecule has 7 nitrogen and oxygen atoms in total. The molecule has 2 aromatic rings. The maximum absolute atomic E-state index is 13.0. The van der Waals surface area contributed by atoms with Gasteiger partial charge in [-0.3, -0.25) is 14.3 Å². The zero-order valence-electron chi connectivity index (χ0n) is 16.3. The molecule has 0 radical (unpaired) electrons. The quantitative estimate of drug-likeness (QED) is 0.790. The Morgan fingerprint density at radius 2 is 1.86 bits per heavy atom. The first kappa shape index (κ1) is 18.9. The average molecular weight is 386 g/mol. The zero-order chi connectivity index (χ0) is 19.5. The van der Waals surface area contributed by atoms with Gasteiger partial charge in [0.2, 0.25) is 11.9 Å². The van der Waals surface area contributed by atoms with Gasteiger partial charge in [-0.05, 0) is 43.0 Å². The Hall–Kier alpha value is -2.48. The van der Waals surface area contributed by atoms with Gasteiger partial charge in [0.25, 0.3) is 0 Å². The number of anilines is 2. The fourth-order valence-corrected chi connectivity index (χ4v) is 3.61. The molecule has 2 aliphatic rings. The molecule has 1 amide bonds. The second-order valence-corrected chi connectivity index (χ2v) is 7.64. The number of carbonyl (C=O) groups is 1. The van der Waals surface area contributed by atoms with Gasteiger partial charge in [-0.2, -0.15) is 0 Å². The molecular weight excluding hydrogens is 359 g/mol. The maximum atomic E-state index is 13.0. The van der Waals surface area contributed by atoms with Crippen molar-refractivity contribution in [2.45, 2.75) is 32.7 Å². The first-order valence-electron chi connectivity index (χ1n) is 10.1. The Kier molecular flexibility index (Phi) is 5.57. The molecule has 2 heterocycles. The van der Waals surface area contributed by atoms with Crippen molar-refractivity contribution in [1.82, 2.24) is 19.7 Å². The molecule has 1 N–H and O–H groups in total. The molecule has 1 saturated carbocycles. The number of aromatic nitrogens is 3. The number of rotatable bonds is 7. The standard InChI is InChI=1S/C20H27FN6O/c1-2-18-23-24-20(27(18)13-15-3-4-15)26-11-9-25(10-12-26)14-19(28)22-17-7-5-16(21)6-8-17/h5-8,15H,2-4,9-14H2,1H3,(H,22,28). The summed E-state index contributed by atoms with van der Waals surface area (Å²) < 4.78 is 15.2. The summed E-state index contributed by atoms with van der Waals surface area (Å²) in [6.45, 7) is 6.73. The van der Waals surface area contributed by atoms with Crippen molar-refractivity contribution in [1.29, 1.82) is 0 Å². The third kappa shape index (κ3) is 4.49. The first-order valence-corrected chi connectivity index (χ1v) is 10.1. The van der Waals surface area contributed by atoms with Crippen LogP contribution in [0.1, 0.15) is 25.6 Å². The Bertz CT molecular complexity index is 809. The van der Waals surface area contributed by atoms with E-state index >= 15 is 0 Å². The SMILES string of the molecule is CCc1nnc(N2CCN(CC(=O)Nc3ccc(F)cc3)CC2)n1CC1CC1. The number of aryl methyl sites for hydroxylation is 1. The van der Waals surface area contributed by atoms with Crippen LogP contribution in [-0.4, -0.2) is 58.3 Å². The van der Waals surface area contributed by atoms with E-state index in [4.69, 9.17) is 0 Å². The molecule has 0 atom stereocenters. The van der Waals surface area contributed by atoms with Crippen LogP contribution in [0.15, 0.2) is 24.3 Å². The number of halogens is 1. The molecule has 150 valence electrons. The highest BCUT2D eigenvalue weighted by Gasteiger charge is 2.28. The molecule has 1 aromatic heterocycles. The van der Waals surface area contributed by atoms with Crippen molar-refractivity contribution >= 4 is 17.5 Å². The predicted octanol–water partition coefficient (Wildman–Crippen LogP) is 2.15. The lowest BCUT2D eigenvalue weighted by molar-refractivity contribution is -0.117. The molecule has 1 saturated heterocycles. The van der Waals surface area contributed by atoms with Gasteiger partial charge < -0.3 is 10.2 Å². The van der Waals surface area contributed by atoms with Crippen LogP contribution in [0.4, 0.5) is 16.0 Å². The van der Waals surface area contributed by atoms with E-state index in [0.717, 1.165) is 56.8 Å². The van der Waals surface area contributed by atoms with Gasteiger partial charge >= 0.3 is 0 Å². The Morgan fingerprint density at radius 1 is 1.14 bits per heavy atom. The van der Waals surface area contributed by atoms with Gasteiger partial charge in [0.05, 0.1) is 6.54 Å². The second-order valence-electron chi connectivity index (χ2n) is 7.64. The minimum atomic E-state index is -0.310. The number of nitrogens with one attached hydrogen (secondary N) is 1. The lowest BCUT2D eigenvalue weighted by Gasteiger charge is -2.34. The Morgan fingerprint density at radius 3 is 2.50 bits per heavy atom. The topological polar surface area (TPSA) is 66.3 Å². The van der Waals surface area contributed by atoms with E-state index in [-0.39, 0.29) is 11.7 Å². The molecule has 28 heavy (non-hydrogen) atoms. The number of benzene rings is 1. The van der Waals surface area contributed by atoms with Crippen LogP contribution in [0.3, 0.4) is 0 Å². The van der Waals surface area contributed by atoms with E-state index in [1.54, 1.807) is 12.1 Å². The van der Waals surface area contributed by atoms with E-state index in [9.17, 15) is 9.18 Å². The summed E-state index contributed by atoms with van der Waals surface area (Å²) in [4.78, 5) is 16.7. The van der Waals surface area contributed by atoms with Crippen LogP contribution in [0, 0.1) is 11.7 Å². The normalized spacial score (nSPS) is 17.7. The third-order valence-corrected chi connectivity index (χ3v) is 5.41. The van der Waals surface area contributed by atoms with Crippen LogP contribution >= 0.6 is 0 Å². The summed E-state index contributed by atoms with van der Waals surface area (Å²) in [5.74, 6) is 2.42. The summed E-state index contributed by atoms with van der Waals surface area (Å²) in [7, 11) is 0. The van der Waals surface area contributed by atoms with Gasteiger partial charge in [-0.15, -0.1) is 10.2 Å². The highest BCUT2D eigenvalue weighted by atomic mass is 19.1. The molecule has 0 spiro atoms. The van der Waals surface area contributed by atoms with Gasteiger partial charge in [0.1, 0.15) is 11.6 Å². The van der Waals surface area contributed by atoms with Crippen molar-refractivity contribution in [3.8, 4) is 0 Å². The molecular formula is C20H27FN6O. The molecule has 0 unspecified atom stereocenters. The Balaban J connectivity index is 1.30. The largest absolute Gasteiger partial charge is 0.338 e. The molecule has 1 aromatic carbocycles. The minimum absolute atomic E-state index is 0.0785. The first-order chi connectivity index (χ1) is 13.6. The van der Waals surface area contributed by atoms with Gasteiger partial charge in [-0.25, -0.2) is 4.39 Å². The number of carbonyl (C=O) groups excluding carboxylic acids is 1. The lowest BCUT2D eigenvalue weighted by atomic mass is 10.3. The maximum Gasteiger partial charge on any atom is 0.238 e. The monoisotopic (exact) mass is 386 g/mol. The summed E-state index contributed by atoms with van der Waals surface area (Å²) in [6, 6.07) is 5.83. The smallest absolute Gasteiger partial charge is 0.238 e. The van der Waals surface area contributed by atoms with Crippen molar-refractivity contribution in [3.63, 3.8) is 0 Å². The van der Waals surface area contributed by atoms with Gasteiger partial charge in [0.15, 0.2) is 0 Å². The molecule has 2 fully saturated rings. The molecule has 1 aliphatic carbocycles. The highest BCUT2D eigenvalue weighted by Crippen LogP contribution is 2.32. The van der Waals surface area contributed by atoms with Crippen molar-refractivity contribution in [2.24, 2.45) is 5.92 Å². The summed E-state index contributed by atoms with van der Waals surface area (Å²) >= 11 is 0. The van der Waals surface area contributed by atoms with Gasteiger partial charge in [0, 0.05) is 44.8 Å². The van der Waals surface area contributed by atoms with Crippen molar-refractivity contribution in [2.75, 3.05) is 42.9 Å². The van der Waals surface area contributed by atoms with E-state index in [0.29, 0.717) is 12.2 Å². The van der Waals surface area contributed by atoms with Crippen molar-refractivity contribution in [3.05, 3.63) is 35.9 Å². The number of amides is 1. The van der Waals surface area contributed by atoms with Crippen LogP contribution < -0.4 is 10.2 Å². The van der Waals surface area contributed by atoms with Crippen LogP contribution in [0.5, 0.6) is 0 Å². The molecule has 1 aliphatic heterocycles. The molecule has 8 heteroatoms. The van der Waals surface area contributed by atoms with Crippen LogP contribution in [-0.2, 0) is 17.8 Å². The van der Waals surface area contributed by atoms with Crippen molar-refractivity contribution < 1.29 is 9.18 Å². The van der Waals surface area contributed by atoms with E-state index < -0.39 is 0 Å². The van der Waals surface area contributed by atoms with Crippen LogP contribution in [0.2, 0.25) is 0 Å². The fourth-order valence-electron chi connectivity index (χ4n) is 3.61. The summed E-state index contributed by atoms with van der Waals surface area (Å²) in [5.41, 5.74) is 0.616.